The number of amides is 1. The molecule has 124 valence electrons. The maximum absolute atomic E-state index is 12.6. The maximum Gasteiger partial charge on any atom is 0.258 e. The largest absolute Gasteiger partial charge is 0.298 e. The predicted molar refractivity (Wildman–Crippen MR) is 114 cm³/mol. The molecule has 3 aromatic carbocycles. The third-order valence-electron chi connectivity index (χ3n) is 3.57. The molecule has 0 atom stereocenters. The van der Waals surface area contributed by atoms with Crippen LogP contribution < -0.4 is 10.2 Å². The number of hydrogen-bond acceptors (Lipinski definition) is 2. The van der Waals surface area contributed by atoms with E-state index in [0.717, 1.165) is 14.9 Å². The first-order valence-electron chi connectivity index (χ1n) is 7.67. The molecule has 0 bridgehead atoms. The lowest BCUT2D eigenvalue weighted by atomic mass is 10.2. The van der Waals surface area contributed by atoms with Crippen LogP contribution in [0.4, 0.5) is 11.4 Å². The van der Waals surface area contributed by atoms with Gasteiger partial charge in [-0.15, -0.1) is 0 Å². The zero-order chi connectivity index (χ0) is 17.6. The molecule has 0 aliphatic heterocycles. The Morgan fingerprint density at radius 2 is 1.28 bits per heavy atom. The Hall–Kier alpha value is -2.25. The number of hydrogen-bond donors (Lipinski definition) is 1. The molecular formula is C20H15IN2OS. The SMILES string of the molecule is O=C(NC(=S)N(c1ccccc1)c1ccccc1)c1ccccc1I. The number of carbonyl (C=O) groups excluding carboxylic acids is 1. The standard InChI is InChI=1S/C20H15IN2OS/c21-18-14-8-7-13-17(18)19(24)22-20(25)23(15-9-3-1-4-10-15)16-11-5-2-6-12-16/h1-14H,(H,22,24,25). The van der Waals surface area contributed by atoms with Gasteiger partial charge in [-0.05, 0) is 71.2 Å². The summed E-state index contributed by atoms with van der Waals surface area (Å²) in [6.07, 6.45) is 0. The molecule has 0 fully saturated rings. The fourth-order valence-corrected chi connectivity index (χ4v) is 3.34. The molecule has 0 radical (unpaired) electrons. The Balaban J connectivity index is 1.90. The molecule has 0 aliphatic rings. The van der Waals surface area contributed by atoms with Crippen LogP contribution in [0.2, 0.25) is 0 Å². The van der Waals surface area contributed by atoms with Gasteiger partial charge in [0.15, 0.2) is 5.11 Å². The number of thiocarbonyl (C=S) groups is 1. The van der Waals surface area contributed by atoms with Crippen LogP contribution >= 0.6 is 34.8 Å². The Kier molecular flexibility index (Phi) is 5.78. The summed E-state index contributed by atoms with van der Waals surface area (Å²) in [5.74, 6) is -0.216. The molecule has 3 nitrogen and oxygen atoms in total. The smallest absolute Gasteiger partial charge is 0.258 e. The average Bonchev–Trinajstić information content (AvgIpc) is 2.64. The van der Waals surface area contributed by atoms with E-state index in [1.807, 2.05) is 83.8 Å². The van der Waals surface area contributed by atoms with Gasteiger partial charge >= 0.3 is 0 Å². The van der Waals surface area contributed by atoms with Gasteiger partial charge in [0.1, 0.15) is 0 Å². The quantitative estimate of drug-likeness (QED) is 0.436. The number of rotatable bonds is 3. The number of anilines is 2. The minimum absolute atomic E-state index is 0.216. The van der Waals surface area contributed by atoms with Crippen molar-refractivity contribution in [1.29, 1.82) is 0 Å². The summed E-state index contributed by atoms with van der Waals surface area (Å²) in [6.45, 7) is 0. The minimum atomic E-state index is -0.216. The molecule has 0 saturated carbocycles. The maximum atomic E-state index is 12.6. The minimum Gasteiger partial charge on any atom is -0.298 e. The van der Waals surface area contributed by atoms with Gasteiger partial charge in [0.25, 0.3) is 5.91 Å². The van der Waals surface area contributed by atoms with E-state index < -0.39 is 0 Å². The van der Waals surface area contributed by atoms with Crippen molar-refractivity contribution >= 4 is 57.2 Å². The van der Waals surface area contributed by atoms with Crippen LogP contribution in [0.5, 0.6) is 0 Å². The molecule has 0 spiro atoms. The van der Waals surface area contributed by atoms with Crippen LogP contribution in [0.3, 0.4) is 0 Å². The summed E-state index contributed by atoms with van der Waals surface area (Å²) in [5, 5.41) is 3.18. The lowest BCUT2D eigenvalue weighted by Crippen LogP contribution is -2.40. The highest BCUT2D eigenvalue weighted by molar-refractivity contribution is 14.1. The van der Waals surface area contributed by atoms with E-state index in [1.165, 1.54) is 0 Å². The third kappa shape index (κ3) is 4.24. The topological polar surface area (TPSA) is 32.3 Å². The highest BCUT2D eigenvalue weighted by atomic mass is 127. The van der Waals surface area contributed by atoms with Gasteiger partial charge in [0.2, 0.25) is 0 Å². The summed E-state index contributed by atoms with van der Waals surface area (Å²) in [7, 11) is 0. The van der Waals surface area contributed by atoms with Crippen LogP contribution in [0.25, 0.3) is 0 Å². The molecule has 5 heteroatoms. The lowest BCUT2D eigenvalue weighted by molar-refractivity contribution is 0.0976. The van der Waals surface area contributed by atoms with Crippen molar-refractivity contribution in [1.82, 2.24) is 5.32 Å². The Bertz CT molecular complexity index is 845. The van der Waals surface area contributed by atoms with Gasteiger partial charge in [0.05, 0.1) is 5.56 Å². The number of nitrogens with zero attached hydrogens (tertiary/aromatic N) is 1. The lowest BCUT2D eigenvalue weighted by Gasteiger charge is -2.25. The third-order valence-corrected chi connectivity index (χ3v) is 4.80. The monoisotopic (exact) mass is 458 g/mol. The Morgan fingerprint density at radius 3 is 1.80 bits per heavy atom. The first-order valence-corrected chi connectivity index (χ1v) is 9.15. The molecule has 0 unspecified atom stereocenters. The summed E-state index contributed by atoms with van der Waals surface area (Å²) in [5.41, 5.74) is 2.38. The second kappa shape index (κ2) is 8.22. The van der Waals surface area contributed by atoms with Gasteiger partial charge in [0, 0.05) is 14.9 Å². The van der Waals surface area contributed by atoms with Crippen molar-refractivity contribution in [3.63, 3.8) is 0 Å². The first-order chi connectivity index (χ1) is 12.2. The Morgan fingerprint density at radius 1 is 0.800 bits per heavy atom. The van der Waals surface area contributed by atoms with E-state index in [2.05, 4.69) is 27.9 Å². The number of nitrogens with one attached hydrogen (secondary N) is 1. The van der Waals surface area contributed by atoms with E-state index >= 15 is 0 Å². The number of halogens is 1. The van der Waals surface area contributed by atoms with Crippen molar-refractivity contribution in [3.05, 3.63) is 94.1 Å². The highest BCUT2D eigenvalue weighted by Gasteiger charge is 2.18. The van der Waals surface area contributed by atoms with Crippen molar-refractivity contribution in [2.75, 3.05) is 4.90 Å². The van der Waals surface area contributed by atoms with Gasteiger partial charge < -0.3 is 0 Å². The average molecular weight is 458 g/mol. The van der Waals surface area contributed by atoms with Crippen LogP contribution in [-0.4, -0.2) is 11.0 Å². The highest BCUT2D eigenvalue weighted by Crippen LogP contribution is 2.25. The first kappa shape index (κ1) is 17.6. The van der Waals surface area contributed by atoms with Gasteiger partial charge in [-0.1, -0.05) is 48.5 Å². The summed E-state index contributed by atoms with van der Waals surface area (Å²) < 4.78 is 0.881. The van der Waals surface area contributed by atoms with E-state index in [0.29, 0.717) is 10.7 Å². The molecule has 3 aromatic rings. The predicted octanol–water partition coefficient (Wildman–Crippen LogP) is 5.14. The molecule has 1 amide bonds. The van der Waals surface area contributed by atoms with Crippen LogP contribution in [-0.2, 0) is 0 Å². The molecule has 0 heterocycles. The number of para-hydroxylation sites is 2. The van der Waals surface area contributed by atoms with Crippen LogP contribution in [0, 0.1) is 3.57 Å². The van der Waals surface area contributed by atoms with Crippen LogP contribution in [0.15, 0.2) is 84.9 Å². The zero-order valence-corrected chi connectivity index (χ0v) is 16.2. The molecule has 0 aromatic heterocycles. The summed E-state index contributed by atoms with van der Waals surface area (Å²) in [4.78, 5) is 14.5. The van der Waals surface area contributed by atoms with Crippen molar-refractivity contribution in [2.24, 2.45) is 0 Å². The molecule has 0 aliphatic carbocycles. The number of carbonyl (C=O) groups is 1. The second-order valence-electron chi connectivity index (χ2n) is 5.25. The van der Waals surface area contributed by atoms with Gasteiger partial charge in [-0.25, -0.2) is 0 Å². The van der Waals surface area contributed by atoms with Crippen molar-refractivity contribution < 1.29 is 4.79 Å². The fourth-order valence-electron chi connectivity index (χ4n) is 2.40. The van der Waals surface area contributed by atoms with Crippen molar-refractivity contribution in [3.8, 4) is 0 Å². The van der Waals surface area contributed by atoms with Gasteiger partial charge in [-0.3, -0.25) is 15.0 Å². The Labute approximate surface area is 165 Å². The molecule has 25 heavy (non-hydrogen) atoms. The second-order valence-corrected chi connectivity index (χ2v) is 6.79. The molecule has 1 N–H and O–H groups in total. The van der Waals surface area contributed by atoms with Crippen molar-refractivity contribution in [2.45, 2.75) is 0 Å². The van der Waals surface area contributed by atoms with E-state index in [-0.39, 0.29) is 5.91 Å². The fraction of sp³-hybridized carbons (Fsp3) is 0. The van der Waals surface area contributed by atoms with E-state index in [1.54, 1.807) is 6.07 Å². The summed E-state index contributed by atoms with van der Waals surface area (Å²) >= 11 is 7.70. The summed E-state index contributed by atoms with van der Waals surface area (Å²) in [6, 6.07) is 26.9. The molecule has 3 rings (SSSR count). The van der Waals surface area contributed by atoms with E-state index in [4.69, 9.17) is 12.2 Å². The van der Waals surface area contributed by atoms with E-state index in [9.17, 15) is 4.79 Å². The van der Waals surface area contributed by atoms with Gasteiger partial charge in [-0.2, -0.15) is 0 Å². The zero-order valence-electron chi connectivity index (χ0n) is 13.2. The number of benzene rings is 3. The molecular weight excluding hydrogens is 443 g/mol. The van der Waals surface area contributed by atoms with Crippen LogP contribution in [0.1, 0.15) is 10.4 Å². The molecule has 0 saturated heterocycles. The normalized spacial score (nSPS) is 10.1.